The van der Waals surface area contributed by atoms with Crippen molar-refractivity contribution in [3.05, 3.63) is 23.2 Å². The molecule has 5 nitrogen and oxygen atoms in total. The van der Waals surface area contributed by atoms with Crippen molar-refractivity contribution in [2.75, 3.05) is 11.9 Å². The number of carbonyl (C=O) groups excluding carboxylic acids is 1. The number of fused-ring (bicyclic) bond motifs is 1. The number of hydrogen-bond acceptors (Lipinski definition) is 4. The maximum Gasteiger partial charge on any atom is 0.244 e. The molecule has 0 saturated heterocycles. The third-order valence-corrected chi connectivity index (χ3v) is 4.75. The van der Waals surface area contributed by atoms with Crippen LogP contribution in [-0.2, 0) is 14.6 Å². The van der Waals surface area contributed by atoms with E-state index in [1.807, 2.05) is 0 Å². The Morgan fingerprint density at radius 1 is 1.44 bits per heavy atom. The molecule has 1 unspecified atom stereocenters. The Bertz CT molecular complexity index is 556. The van der Waals surface area contributed by atoms with Crippen molar-refractivity contribution < 1.29 is 13.2 Å². The van der Waals surface area contributed by atoms with Gasteiger partial charge in [0.2, 0.25) is 5.91 Å². The highest BCUT2D eigenvalue weighted by atomic mass is 35.5. The number of sulfone groups is 1. The normalized spacial score (nSPS) is 22.4. The minimum atomic E-state index is -3.69. The van der Waals surface area contributed by atoms with Gasteiger partial charge in [-0.3, -0.25) is 4.79 Å². The van der Waals surface area contributed by atoms with Gasteiger partial charge < -0.3 is 11.1 Å². The predicted octanol–water partition coefficient (Wildman–Crippen LogP) is 0.393. The quantitative estimate of drug-likeness (QED) is 0.765. The molecule has 0 aliphatic carbocycles. The van der Waals surface area contributed by atoms with Gasteiger partial charge in [-0.25, -0.2) is 8.42 Å². The Balaban J connectivity index is 2.67. The van der Waals surface area contributed by atoms with Crippen LogP contribution in [-0.4, -0.2) is 26.1 Å². The highest BCUT2D eigenvalue weighted by Gasteiger charge is 2.39. The molecule has 16 heavy (non-hydrogen) atoms. The van der Waals surface area contributed by atoms with E-state index in [1.54, 1.807) is 0 Å². The number of amides is 1. The summed E-state index contributed by atoms with van der Waals surface area (Å²) < 4.78 is 23.9. The van der Waals surface area contributed by atoms with E-state index < -0.39 is 21.0 Å². The SMILES string of the molecule is NCC1C(=O)Nc2cc(Cl)ccc2S1(=O)=O. The number of rotatable bonds is 1. The van der Waals surface area contributed by atoms with E-state index in [0.29, 0.717) is 5.02 Å². The fourth-order valence-electron chi connectivity index (χ4n) is 1.59. The number of hydrogen-bond donors (Lipinski definition) is 2. The highest BCUT2D eigenvalue weighted by Crippen LogP contribution is 2.31. The first kappa shape index (κ1) is 11.4. The van der Waals surface area contributed by atoms with Gasteiger partial charge in [0.25, 0.3) is 0 Å². The summed E-state index contributed by atoms with van der Waals surface area (Å²) in [6.45, 7) is -0.240. The molecule has 1 atom stereocenters. The molecule has 0 saturated carbocycles. The summed E-state index contributed by atoms with van der Waals surface area (Å²) in [5.41, 5.74) is 5.50. The van der Waals surface area contributed by atoms with E-state index in [1.165, 1.54) is 18.2 Å². The third kappa shape index (κ3) is 1.59. The number of anilines is 1. The van der Waals surface area contributed by atoms with E-state index in [2.05, 4.69) is 5.32 Å². The van der Waals surface area contributed by atoms with Crippen LogP contribution in [0.5, 0.6) is 0 Å². The summed E-state index contributed by atoms with van der Waals surface area (Å²) in [7, 11) is -3.69. The number of benzene rings is 1. The number of nitrogens with one attached hydrogen (secondary N) is 1. The van der Waals surface area contributed by atoms with Gasteiger partial charge >= 0.3 is 0 Å². The van der Waals surface area contributed by atoms with Crippen molar-refractivity contribution in [2.24, 2.45) is 5.73 Å². The second-order valence-corrected chi connectivity index (χ2v) is 5.93. The molecular weight excluding hydrogens is 252 g/mol. The lowest BCUT2D eigenvalue weighted by Gasteiger charge is -2.23. The van der Waals surface area contributed by atoms with Crippen molar-refractivity contribution in [1.82, 2.24) is 0 Å². The van der Waals surface area contributed by atoms with E-state index >= 15 is 0 Å². The molecule has 0 aromatic heterocycles. The maximum absolute atomic E-state index is 12.0. The summed E-state index contributed by atoms with van der Waals surface area (Å²) in [6, 6.07) is 4.23. The maximum atomic E-state index is 12.0. The highest BCUT2D eigenvalue weighted by molar-refractivity contribution is 7.93. The van der Waals surface area contributed by atoms with Gasteiger partial charge in [0.15, 0.2) is 15.1 Å². The average Bonchev–Trinajstić information content (AvgIpc) is 2.16. The van der Waals surface area contributed by atoms with Gasteiger partial charge in [0.05, 0.1) is 10.6 Å². The van der Waals surface area contributed by atoms with Crippen LogP contribution in [0.2, 0.25) is 5.02 Å². The van der Waals surface area contributed by atoms with Gasteiger partial charge in [-0.15, -0.1) is 0 Å². The molecule has 0 radical (unpaired) electrons. The molecule has 1 heterocycles. The van der Waals surface area contributed by atoms with Crippen LogP contribution < -0.4 is 11.1 Å². The fraction of sp³-hybridized carbons (Fsp3) is 0.222. The summed E-state index contributed by atoms with van der Waals surface area (Å²) in [6.07, 6.45) is 0. The number of halogens is 1. The van der Waals surface area contributed by atoms with Crippen molar-refractivity contribution in [3.8, 4) is 0 Å². The Morgan fingerprint density at radius 2 is 2.12 bits per heavy atom. The largest absolute Gasteiger partial charge is 0.329 e. The van der Waals surface area contributed by atoms with Crippen LogP contribution in [0.3, 0.4) is 0 Å². The van der Waals surface area contributed by atoms with Crippen LogP contribution in [0.1, 0.15) is 0 Å². The molecule has 2 rings (SSSR count). The molecule has 3 N–H and O–H groups in total. The first-order valence-electron chi connectivity index (χ1n) is 4.51. The van der Waals surface area contributed by atoms with Crippen LogP contribution in [0.4, 0.5) is 5.69 Å². The molecular formula is C9H9ClN2O3S. The zero-order valence-corrected chi connectivity index (χ0v) is 9.68. The third-order valence-electron chi connectivity index (χ3n) is 2.39. The van der Waals surface area contributed by atoms with Gasteiger partial charge in [0.1, 0.15) is 0 Å². The van der Waals surface area contributed by atoms with Gasteiger partial charge in [-0.05, 0) is 18.2 Å². The molecule has 1 amide bonds. The zero-order chi connectivity index (χ0) is 11.9. The fourth-order valence-corrected chi connectivity index (χ4v) is 3.34. The monoisotopic (exact) mass is 260 g/mol. The Labute approximate surface area is 97.5 Å². The van der Waals surface area contributed by atoms with Gasteiger partial charge in [-0.2, -0.15) is 0 Å². The molecule has 0 spiro atoms. The Morgan fingerprint density at radius 3 is 2.75 bits per heavy atom. The minimum Gasteiger partial charge on any atom is -0.329 e. The van der Waals surface area contributed by atoms with E-state index in [-0.39, 0.29) is 17.1 Å². The molecule has 0 bridgehead atoms. The Kier molecular flexibility index (Phi) is 2.65. The molecule has 1 aliphatic heterocycles. The lowest BCUT2D eigenvalue weighted by Crippen LogP contribution is -2.44. The number of nitrogens with two attached hydrogens (primary N) is 1. The van der Waals surface area contributed by atoms with Crippen LogP contribution in [0.25, 0.3) is 0 Å². The first-order chi connectivity index (χ1) is 7.46. The summed E-state index contributed by atoms with van der Waals surface area (Å²) >= 11 is 5.72. The minimum absolute atomic E-state index is 0.0620. The second-order valence-electron chi connectivity index (χ2n) is 3.40. The number of carbonyl (C=O) groups is 1. The molecule has 7 heteroatoms. The summed E-state index contributed by atoms with van der Waals surface area (Å²) in [5.74, 6) is -0.614. The molecule has 1 aromatic carbocycles. The molecule has 1 aromatic rings. The lowest BCUT2D eigenvalue weighted by atomic mass is 10.3. The van der Waals surface area contributed by atoms with Crippen molar-refractivity contribution in [2.45, 2.75) is 10.1 Å². The second kappa shape index (κ2) is 3.73. The molecule has 0 fully saturated rings. The van der Waals surface area contributed by atoms with Crippen molar-refractivity contribution in [1.29, 1.82) is 0 Å². The lowest BCUT2D eigenvalue weighted by molar-refractivity contribution is -0.115. The van der Waals surface area contributed by atoms with Gasteiger partial charge in [0, 0.05) is 11.6 Å². The summed E-state index contributed by atoms with van der Waals surface area (Å²) in [5, 5.41) is 1.62. The van der Waals surface area contributed by atoms with Crippen LogP contribution in [0, 0.1) is 0 Å². The molecule has 1 aliphatic rings. The average molecular weight is 261 g/mol. The van der Waals surface area contributed by atoms with Crippen molar-refractivity contribution in [3.63, 3.8) is 0 Å². The molecule has 86 valence electrons. The summed E-state index contributed by atoms with van der Waals surface area (Å²) in [4.78, 5) is 11.6. The van der Waals surface area contributed by atoms with E-state index in [0.717, 1.165) is 0 Å². The predicted molar refractivity (Wildman–Crippen MR) is 60.1 cm³/mol. The van der Waals surface area contributed by atoms with Gasteiger partial charge in [-0.1, -0.05) is 11.6 Å². The smallest absolute Gasteiger partial charge is 0.244 e. The Hall–Kier alpha value is -1.11. The topological polar surface area (TPSA) is 89.3 Å². The van der Waals surface area contributed by atoms with E-state index in [9.17, 15) is 13.2 Å². The van der Waals surface area contributed by atoms with Crippen LogP contribution in [0.15, 0.2) is 23.1 Å². The van der Waals surface area contributed by atoms with Crippen LogP contribution >= 0.6 is 11.6 Å². The first-order valence-corrected chi connectivity index (χ1v) is 6.43. The standard InChI is InChI=1S/C9H9ClN2O3S/c10-5-1-2-7-6(3-5)12-9(13)8(4-11)16(7,14)15/h1-3,8H,4,11H2,(H,12,13). The van der Waals surface area contributed by atoms with Crippen molar-refractivity contribution >= 4 is 33.0 Å². The zero-order valence-electron chi connectivity index (χ0n) is 8.10. The van der Waals surface area contributed by atoms with E-state index in [4.69, 9.17) is 17.3 Å².